The Labute approximate surface area is 142 Å². The average Bonchev–Trinajstić information content (AvgIpc) is 3.01. The Morgan fingerprint density at radius 2 is 2.12 bits per heavy atom. The van der Waals surface area contributed by atoms with Crippen molar-refractivity contribution in [3.63, 3.8) is 0 Å². The van der Waals surface area contributed by atoms with E-state index >= 15 is 0 Å². The third kappa shape index (κ3) is 3.22. The van der Waals surface area contributed by atoms with Gasteiger partial charge in [0.15, 0.2) is 0 Å². The molecular formula is C19H24N2O3. The molecule has 1 fully saturated rings. The number of methoxy groups -OCH3 is 2. The number of nitrogens with zero attached hydrogens (tertiary/aromatic N) is 1. The first-order valence-electron chi connectivity index (χ1n) is 8.40. The van der Waals surface area contributed by atoms with E-state index in [0.717, 1.165) is 29.1 Å². The summed E-state index contributed by atoms with van der Waals surface area (Å²) in [5, 5.41) is 0. The van der Waals surface area contributed by atoms with Gasteiger partial charge in [0, 0.05) is 19.1 Å². The molecule has 0 atom stereocenters. The summed E-state index contributed by atoms with van der Waals surface area (Å²) in [6, 6.07) is 4.09. The van der Waals surface area contributed by atoms with Gasteiger partial charge in [-0.25, -0.2) is 9.78 Å². The summed E-state index contributed by atoms with van der Waals surface area (Å²) in [6.45, 7) is 2.64. The summed E-state index contributed by atoms with van der Waals surface area (Å²) < 4.78 is 10.1. The van der Waals surface area contributed by atoms with Gasteiger partial charge in [-0.1, -0.05) is 6.42 Å². The summed E-state index contributed by atoms with van der Waals surface area (Å²) in [5.74, 6) is 1.15. The Morgan fingerprint density at radius 1 is 1.33 bits per heavy atom. The highest BCUT2D eigenvalue weighted by Gasteiger charge is 2.25. The zero-order valence-corrected chi connectivity index (χ0v) is 14.5. The molecule has 2 aromatic rings. The molecule has 1 saturated carbocycles. The van der Waals surface area contributed by atoms with Crippen LogP contribution in [-0.4, -0.2) is 36.8 Å². The van der Waals surface area contributed by atoms with Crippen molar-refractivity contribution in [3.8, 4) is 11.3 Å². The van der Waals surface area contributed by atoms with Crippen LogP contribution in [0.15, 0.2) is 18.3 Å². The van der Waals surface area contributed by atoms with Gasteiger partial charge in [0.25, 0.3) is 0 Å². The fraction of sp³-hybridized carbons (Fsp3) is 0.474. The van der Waals surface area contributed by atoms with Crippen LogP contribution >= 0.6 is 0 Å². The molecule has 0 aliphatic heterocycles. The fourth-order valence-electron chi connectivity index (χ4n) is 3.19. The van der Waals surface area contributed by atoms with Crippen LogP contribution in [0.4, 0.5) is 0 Å². The van der Waals surface area contributed by atoms with Gasteiger partial charge < -0.3 is 14.5 Å². The molecule has 0 unspecified atom stereocenters. The second kappa shape index (κ2) is 7.18. The molecule has 1 heterocycles. The topological polar surface area (TPSA) is 64.2 Å². The van der Waals surface area contributed by atoms with Crippen LogP contribution in [0.2, 0.25) is 0 Å². The first-order chi connectivity index (χ1) is 11.6. The van der Waals surface area contributed by atoms with Crippen LogP contribution in [0, 0.1) is 6.92 Å². The maximum atomic E-state index is 12.2. The second-order valence-electron chi connectivity index (χ2n) is 6.34. The normalized spacial score (nSPS) is 14.5. The number of hydrogen-bond acceptors (Lipinski definition) is 4. The van der Waals surface area contributed by atoms with Gasteiger partial charge in [-0.2, -0.15) is 0 Å². The number of aromatic amines is 1. The van der Waals surface area contributed by atoms with Gasteiger partial charge in [0.1, 0.15) is 5.82 Å². The number of ether oxygens (including phenoxy) is 2. The number of hydrogen-bond donors (Lipinski definition) is 1. The molecule has 0 amide bonds. The summed E-state index contributed by atoms with van der Waals surface area (Å²) in [7, 11) is 3.11. The lowest BCUT2D eigenvalue weighted by Gasteiger charge is -2.28. The van der Waals surface area contributed by atoms with Crippen LogP contribution in [0.5, 0.6) is 0 Å². The number of imidazole rings is 1. The number of H-pyrrole nitrogens is 1. The molecule has 5 heteroatoms. The van der Waals surface area contributed by atoms with E-state index in [-0.39, 0.29) is 5.97 Å². The minimum atomic E-state index is -0.283. The molecule has 0 saturated heterocycles. The highest BCUT2D eigenvalue weighted by molar-refractivity contribution is 5.93. The van der Waals surface area contributed by atoms with E-state index in [1.165, 1.54) is 31.9 Å². The Bertz CT molecular complexity index is 732. The number of benzene rings is 1. The summed E-state index contributed by atoms with van der Waals surface area (Å²) in [5.41, 5.74) is 4.84. The minimum Gasteiger partial charge on any atom is -0.465 e. The molecule has 24 heavy (non-hydrogen) atoms. The summed E-state index contributed by atoms with van der Waals surface area (Å²) >= 11 is 0. The first-order valence-corrected chi connectivity index (χ1v) is 8.40. The van der Waals surface area contributed by atoms with Gasteiger partial charge in [0.05, 0.1) is 31.2 Å². The quantitative estimate of drug-likeness (QED) is 0.823. The van der Waals surface area contributed by atoms with Crippen LogP contribution in [-0.2, 0) is 15.9 Å². The SMILES string of the molecule is COCCc1ncc(-c2cc(C(=O)OC)c(C)c(C3CCC3)c2)[nH]1. The molecule has 1 aliphatic rings. The van der Waals surface area contributed by atoms with Gasteiger partial charge in [0.2, 0.25) is 0 Å². The molecule has 1 aromatic heterocycles. The highest BCUT2D eigenvalue weighted by atomic mass is 16.5. The monoisotopic (exact) mass is 328 g/mol. The van der Waals surface area contributed by atoms with Crippen molar-refractivity contribution in [2.45, 2.75) is 38.5 Å². The number of nitrogens with one attached hydrogen (secondary N) is 1. The van der Waals surface area contributed by atoms with E-state index in [0.29, 0.717) is 18.1 Å². The average molecular weight is 328 g/mol. The predicted octanol–water partition coefficient (Wildman–Crippen LogP) is 3.63. The molecule has 128 valence electrons. The van der Waals surface area contributed by atoms with Crippen molar-refractivity contribution in [3.05, 3.63) is 40.8 Å². The zero-order chi connectivity index (χ0) is 17.1. The van der Waals surface area contributed by atoms with Crippen molar-refractivity contribution in [1.29, 1.82) is 0 Å². The number of carbonyl (C=O) groups is 1. The smallest absolute Gasteiger partial charge is 0.338 e. The predicted molar refractivity (Wildman–Crippen MR) is 92.3 cm³/mol. The van der Waals surface area contributed by atoms with Crippen LogP contribution in [0.3, 0.4) is 0 Å². The van der Waals surface area contributed by atoms with E-state index in [1.54, 1.807) is 7.11 Å². The molecule has 3 rings (SSSR count). The number of rotatable bonds is 6. The maximum absolute atomic E-state index is 12.2. The van der Waals surface area contributed by atoms with E-state index in [9.17, 15) is 4.79 Å². The fourth-order valence-corrected chi connectivity index (χ4v) is 3.19. The van der Waals surface area contributed by atoms with Gasteiger partial charge in [-0.05, 0) is 48.9 Å². The van der Waals surface area contributed by atoms with E-state index in [2.05, 4.69) is 16.0 Å². The van der Waals surface area contributed by atoms with Crippen LogP contribution in [0.1, 0.15) is 52.5 Å². The van der Waals surface area contributed by atoms with Gasteiger partial charge in [-0.15, -0.1) is 0 Å². The van der Waals surface area contributed by atoms with E-state index < -0.39 is 0 Å². The highest BCUT2D eigenvalue weighted by Crippen LogP contribution is 2.40. The van der Waals surface area contributed by atoms with Crippen LogP contribution < -0.4 is 0 Å². The largest absolute Gasteiger partial charge is 0.465 e. The molecular weight excluding hydrogens is 304 g/mol. The van der Waals surface area contributed by atoms with Crippen LogP contribution in [0.25, 0.3) is 11.3 Å². The molecule has 0 spiro atoms. The Balaban J connectivity index is 2.00. The number of esters is 1. The molecule has 1 N–H and O–H groups in total. The lowest BCUT2D eigenvalue weighted by Crippen LogP contribution is -2.14. The van der Waals surface area contributed by atoms with Crippen molar-refractivity contribution in [1.82, 2.24) is 9.97 Å². The van der Waals surface area contributed by atoms with Crippen molar-refractivity contribution in [2.75, 3.05) is 20.8 Å². The number of carbonyl (C=O) groups excluding carboxylic acids is 1. The molecule has 0 radical (unpaired) electrons. The molecule has 0 bridgehead atoms. The minimum absolute atomic E-state index is 0.283. The van der Waals surface area contributed by atoms with Gasteiger partial charge >= 0.3 is 5.97 Å². The standard InChI is InChI=1S/C19H24N2O3/c1-12-15(13-5-4-6-13)9-14(10-16(12)19(22)24-3)17-11-20-18(21-17)7-8-23-2/h9-11,13H,4-8H2,1-3H3,(H,20,21). The lowest BCUT2D eigenvalue weighted by atomic mass is 9.77. The Morgan fingerprint density at radius 3 is 2.75 bits per heavy atom. The van der Waals surface area contributed by atoms with Crippen molar-refractivity contribution >= 4 is 5.97 Å². The third-order valence-corrected chi connectivity index (χ3v) is 4.88. The maximum Gasteiger partial charge on any atom is 0.338 e. The zero-order valence-electron chi connectivity index (χ0n) is 14.5. The summed E-state index contributed by atoms with van der Waals surface area (Å²) in [4.78, 5) is 19.9. The third-order valence-electron chi connectivity index (χ3n) is 4.88. The van der Waals surface area contributed by atoms with Crippen molar-refractivity contribution in [2.24, 2.45) is 0 Å². The van der Waals surface area contributed by atoms with E-state index in [1.807, 2.05) is 19.2 Å². The Hall–Kier alpha value is -2.14. The van der Waals surface area contributed by atoms with Gasteiger partial charge in [-0.3, -0.25) is 0 Å². The first kappa shape index (κ1) is 16.7. The molecule has 1 aliphatic carbocycles. The van der Waals surface area contributed by atoms with E-state index in [4.69, 9.17) is 9.47 Å². The van der Waals surface area contributed by atoms with Crippen molar-refractivity contribution < 1.29 is 14.3 Å². The summed E-state index contributed by atoms with van der Waals surface area (Å²) in [6.07, 6.45) is 6.19. The molecule has 1 aromatic carbocycles. The second-order valence-corrected chi connectivity index (χ2v) is 6.34. The Kier molecular flexibility index (Phi) is 5.00. The number of aromatic nitrogens is 2. The molecule has 5 nitrogen and oxygen atoms in total. The lowest BCUT2D eigenvalue weighted by molar-refractivity contribution is 0.0599.